The molecule has 2 aromatic carbocycles. The van der Waals surface area contributed by atoms with Crippen LogP contribution < -0.4 is 0 Å². The maximum absolute atomic E-state index is 13.2. The highest BCUT2D eigenvalue weighted by molar-refractivity contribution is 5.87. The molecule has 29 heavy (non-hydrogen) atoms. The number of hydrogen-bond donors (Lipinski definition) is 1. The van der Waals surface area contributed by atoms with Crippen LogP contribution in [0.5, 0.6) is 0 Å². The van der Waals surface area contributed by atoms with Gasteiger partial charge in [-0.05, 0) is 51.7 Å². The quantitative estimate of drug-likeness (QED) is 0.402. The van der Waals surface area contributed by atoms with E-state index in [4.69, 9.17) is 0 Å². The van der Waals surface area contributed by atoms with Crippen molar-refractivity contribution in [1.82, 2.24) is 4.90 Å². The van der Waals surface area contributed by atoms with E-state index in [-0.39, 0.29) is 23.9 Å². The Morgan fingerprint density at radius 2 is 1.41 bits per heavy atom. The molecule has 1 atom stereocenters. The van der Waals surface area contributed by atoms with Crippen molar-refractivity contribution in [2.75, 3.05) is 0 Å². The summed E-state index contributed by atoms with van der Waals surface area (Å²) < 4.78 is 0. The molecular formula is C26H35NO2. The molecule has 156 valence electrons. The van der Waals surface area contributed by atoms with Crippen molar-refractivity contribution in [2.45, 2.75) is 72.4 Å². The Bertz CT molecular complexity index is 812. The summed E-state index contributed by atoms with van der Waals surface area (Å²) in [7, 11) is 0. The van der Waals surface area contributed by atoms with Crippen molar-refractivity contribution in [1.29, 1.82) is 0 Å². The molecule has 0 fully saturated rings. The first kappa shape index (κ1) is 22.7. The number of benzene rings is 2. The fourth-order valence-corrected chi connectivity index (χ4v) is 4.03. The summed E-state index contributed by atoms with van der Waals surface area (Å²) in [4.78, 5) is 15.1. The number of amides is 1. The molecule has 0 saturated heterocycles. The summed E-state index contributed by atoms with van der Waals surface area (Å²) in [5.74, 6) is 0.305. The number of allylic oxidation sites excluding steroid dienone is 1. The van der Waals surface area contributed by atoms with Crippen LogP contribution >= 0.6 is 0 Å². The Morgan fingerprint density at radius 1 is 0.862 bits per heavy atom. The number of carbonyl (C=O) groups is 1. The summed E-state index contributed by atoms with van der Waals surface area (Å²) in [6, 6.07) is 18.1. The minimum Gasteiger partial charge on any atom is -0.507 e. The van der Waals surface area contributed by atoms with Gasteiger partial charge >= 0.3 is 0 Å². The van der Waals surface area contributed by atoms with E-state index in [0.717, 1.165) is 35.1 Å². The van der Waals surface area contributed by atoms with Crippen molar-refractivity contribution in [3.63, 3.8) is 0 Å². The second-order valence-electron chi connectivity index (χ2n) is 8.06. The average Bonchev–Trinajstić information content (AvgIpc) is 2.70. The maximum Gasteiger partial charge on any atom is 0.230 e. The minimum atomic E-state index is -0.167. The molecule has 0 radical (unpaired) electrons. The van der Waals surface area contributed by atoms with Crippen molar-refractivity contribution in [2.24, 2.45) is 0 Å². The summed E-state index contributed by atoms with van der Waals surface area (Å²) in [5.41, 5.74) is 3.73. The first-order valence-corrected chi connectivity index (χ1v) is 10.7. The van der Waals surface area contributed by atoms with Gasteiger partial charge in [0.1, 0.15) is 5.76 Å². The lowest BCUT2D eigenvalue weighted by Gasteiger charge is -2.34. The van der Waals surface area contributed by atoms with Crippen LogP contribution in [0.15, 0.2) is 54.6 Å². The molecule has 0 heterocycles. The zero-order valence-corrected chi connectivity index (χ0v) is 18.6. The highest BCUT2D eigenvalue weighted by Gasteiger charge is 2.28. The number of nitrogens with zero attached hydrogens (tertiary/aromatic N) is 1. The van der Waals surface area contributed by atoms with Gasteiger partial charge < -0.3 is 10.0 Å². The third-order valence-corrected chi connectivity index (χ3v) is 5.42. The SMILES string of the molecule is CC/C(=C(\O)c1ccc(C(CC)C(=O)N(C(C)C)C(C)C)cc1)c1ccccc1. The van der Waals surface area contributed by atoms with Crippen LogP contribution in [0.1, 0.15) is 77.0 Å². The molecule has 1 unspecified atom stereocenters. The molecule has 1 N–H and O–H groups in total. The van der Waals surface area contributed by atoms with E-state index >= 15 is 0 Å². The minimum absolute atomic E-state index is 0.167. The molecule has 3 nitrogen and oxygen atoms in total. The number of aliphatic hydroxyl groups is 1. The van der Waals surface area contributed by atoms with Gasteiger partial charge in [0, 0.05) is 23.2 Å². The molecule has 0 aliphatic rings. The highest BCUT2D eigenvalue weighted by Crippen LogP contribution is 2.29. The maximum atomic E-state index is 13.2. The van der Waals surface area contributed by atoms with Gasteiger partial charge in [-0.15, -0.1) is 0 Å². The van der Waals surface area contributed by atoms with E-state index in [1.165, 1.54) is 0 Å². The standard InChI is InChI=1S/C26H35NO2/c1-7-23(20-12-10-9-11-13-20)25(28)22-16-14-21(15-17-22)24(8-2)26(29)27(18(3)4)19(5)6/h9-19,24,28H,7-8H2,1-6H3/b25-23+. The molecule has 0 bridgehead atoms. The molecule has 0 aromatic heterocycles. The zero-order chi connectivity index (χ0) is 21.6. The lowest BCUT2D eigenvalue weighted by Crippen LogP contribution is -2.44. The summed E-state index contributed by atoms with van der Waals surface area (Å²) in [6.07, 6.45) is 1.49. The molecular weight excluding hydrogens is 358 g/mol. The van der Waals surface area contributed by atoms with Crippen molar-refractivity contribution in [3.05, 3.63) is 71.3 Å². The van der Waals surface area contributed by atoms with Crippen LogP contribution in [-0.2, 0) is 4.79 Å². The Morgan fingerprint density at radius 3 is 1.86 bits per heavy atom. The molecule has 1 amide bonds. The van der Waals surface area contributed by atoms with Crippen molar-refractivity contribution in [3.8, 4) is 0 Å². The second kappa shape index (κ2) is 10.3. The topological polar surface area (TPSA) is 40.5 Å². The van der Waals surface area contributed by atoms with Gasteiger partial charge in [-0.3, -0.25) is 4.79 Å². The summed E-state index contributed by atoms with van der Waals surface area (Å²) in [6.45, 7) is 12.3. The Hall–Kier alpha value is -2.55. The Kier molecular flexibility index (Phi) is 8.07. The van der Waals surface area contributed by atoms with Gasteiger partial charge in [-0.25, -0.2) is 0 Å². The van der Waals surface area contributed by atoms with Gasteiger partial charge in [0.05, 0.1) is 5.92 Å². The predicted octanol–water partition coefficient (Wildman–Crippen LogP) is 6.66. The zero-order valence-electron chi connectivity index (χ0n) is 18.6. The molecule has 0 saturated carbocycles. The van der Waals surface area contributed by atoms with E-state index in [1.54, 1.807) is 0 Å². The van der Waals surface area contributed by atoms with Crippen LogP contribution in [0.3, 0.4) is 0 Å². The van der Waals surface area contributed by atoms with E-state index in [2.05, 4.69) is 34.6 Å². The fourth-order valence-electron chi connectivity index (χ4n) is 4.03. The van der Waals surface area contributed by atoms with E-state index in [1.807, 2.05) is 66.4 Å². The van der Waals surface area contributed by atoms with E-state index < -0.39 is 0 Å². The Labute approximate surface area is 176 Å². The molecule has 0 aliphatic heterocycles. The van der Waals surface area contributed by atoms with Crippen LogP contribution in [-0.4, -0.2) is 28.0 Å². The first-order chi connectivity index (χ1) is 13.8. The average molecular weight is 394 g/mol. The van der Waals surface area contributed by atoms with Crippen molar-refractivity contribution < 1.29 is 9.90 Å². The van der Waals surface area contributed by atoms with E-state index in [9.17, 15) is 9.90 Å². The second-order valence-corrected chi connectivity index (χ2v) is 8.06. The number of rotatable bonds is 8. The Balaban J connectivity index is 2.35. The van der Waals surface area contributed by atoms with Crippen molar-refractivity contribution >= 4 is 17.2 Å². The van der Waals surface area contributed by atoms with Crippen LogP contribution in [0.2, 0.25) is 0 Å². The van der Waals surface area contributed by atoms with E-state index in [0.29, 0.717) is 5.76 Å². The largest absolute Gasteiger partial charge is 0.507 e. The first-order valence-electron chi connectivity index (χ1n) is 10.7. The van der Waals surface area contributed by atoms with Gasteiger partial charge in [-0.2, -0.15) is 0 Å². The number of hydrogen-bond acceptors (Lipinski definition) is 2. The normalized spacial score (nSPS) is 13.4. The molecule has 3 heteroatoms. The van der Waals surface area contributed by atoms with Crippen LogP contribution in [0.25, 0.3) is 11.3 Å². The monoisotopic (exact) mass is 393 g/mol. The molecule has 0 aliphatic carbocycles. The molecule has 2 aromatic rings. The molecule has 0 spiro atoms. The number of aliphatic hydroxyl groups excluding tert-OH is 1. The van der Waals surface area contributed by atoms with Gasteiger partial charge in [0.15, 0.2) is 0 Å². The summed E-state index contributed by atoms with van der Waals surface area (Å²) in [5, 5.41) is 10.9. The third-order valence-electron chi connectivity index (χ3n) is 5.42. The predicted molar refractivity (Wildman–Crippen MR) is 123 cm³/mol. The van der Waals surface area contributed by atoms with Crippen LogP contribution in [0, 0.1) is 0 Å². The van der Waals surface area contributed by atoms with Crippen LogP contribution in [0.4, 0.5) is 0 Å². The van der Waals surface area contributed by atoms with Gasteiger partial charge in [-0.1, -0.05) is 68.4 Å². The molecule has 2 rings (SSSR count). The summed E-state index contributed by atoms with van der Waals surface area (Å²) >= 11 is 0. The lowest BCUT2D eigenvalue weighted by atomic mass is 9.92. The third kappa shape index (κ3) is 5.29. The smallest absolute Gasteiger partial charge is 0.230 e. The number of carbonyl (C=O) groups excluding carboxylic acids is 1. The van der Waals surface area contributed by atoms with Gasteiger partial charge in [0.25, 0.3) is 0 Å². The lowest BCUT2D eigenvalue weighted by molar-refractivity contribution is -0.136. The fraction of sp³-hybridized carbons (Fsp3) is 0.423. The highest BCUT2D eigenvalue weighted by atomic mass is 16.3. The van der Waals surface area contributed by atoms with Gasteiger partial charge in [0.2, 0.25) is 5.91 Å².